The van der Waals surface area contributed by atoms with Crippen molar-refractivity contribution in [3.8, 4) is 0 Å². The second kappa shape index (κ2) is 5.95. The number of carbonyl (C=O) groups excluding carboxylic acids is 1. The summed E-state index contributed by atoms with van der Waals surface area (Å²) in [5.74, 6) is 1.32. The standard InChI is InChI=1S/C14H19N5OS/c1-19(2)10(11-4-3-7-21-11)8-15-14(20)13-16-12(17-18-13)9-5-6-9/h3-4,7,9-10H,5-6,8H2,1-2H3,(H,15,20)(H,16,17,18). The molecule has 0 spiro atoms. The molecule has 0 aromatic carbocycles. The van der Waals surface area contributed by atoms with Crippen molar-refractivity contribution in [1.82, 2.24) is 25.4 Å². The molecular formula is C14H19N5OS. The van der Waals surface area contributed by atoms with Crippen molar-refractivity contribution < 1.29 is 4.79 Å². The molecule has 0 aliphatic heterocycles. The van der Waals surface area contributed by atoms with Gasteiger partial charge in [-0.15, -0.1) is 16.4 Å². The van der Waals surface area contributed by atoms with Crippen molar-refractivity contribution in [2.24, 2.45) is 0 Å². The molecule has 2 N–H and O–H groups in total. The van der Waals surface area contributed by atoms with Crippen LogP contribution < -0.4 is 5.32 Å². The largest absolute Gasteiger partial charge is 0.347 e. The van der Waals surface area contributed by atoms with E-state index in [0.717, 1.165) is 18.7 Å². The first-order chi connectivity index (χ1) is 10.1. The molecule has 1 aliphatic carbocycles. The summed E-state index contributed by atoms with van der Waals surface area (Å²) >= 11 is 1.69. The third-order valence-electron chi connectivity index (χ3n) is 3.62. The van der Waals surface area contributed by atoms with Crippen LogP contribution in [0.25, 0.3) is 0 Å². The summed E-state index contributed by atoms with van der Waals surface area (Å²) < 4.78 is 0. The summed E-state index contributed by atoms with van der Waals surface area (Å²) in [4.78, 5) is 19.7. The number of rotatable bonds is 6. The van der Waals surface area contributed by atoms with Crippen LogP contribution in [-0.4, -0.2) is 46.6 Å². The van der Waals surface area contributed by atoms with Crippen molar-refractivity contribution in [2.45, 2.75) is 24.8 Å². The van der Waals surface area contributed by atoms with E-state index in [4.69, 9.17) is 0 Å². The number of hydrogen-bond donors (Lipinski definition) is 2. The molecule has 7 heteroatoms. The number of nitrogens with one attached hydrogen (secondary N) is 2. The van der Waals surface area contributed by atoms with Gasteiger partial charge in [-0.2, -0.15) is 0 Å². The van der Waals surface area contributed by atoms with Gasteiger partial charge in [-0.05, 0) is 38.4 Å². The quantitative estimate of drug-likeness (QED) is 0.853. The lowest BCUT2D eigenvalue weighted by atomic mass is 10.2. The summed E-state index contributed by atoms with van der Waals surface area (Å²) in [7, 11) is 4.02. The van der Waals surface area contributed by atoms with Gasteiger partial charge in [-0.3, -0.25) is 9.89 Å². The molecule has 0 radical (unpaired) electrons. The molecule has 3 rings (SSSR count). The minimum Gasteiger partial charge on any atom is -0.347 e. The predicted octanol–water partition coefficient (Wildman–Crippen LogP) is 1.78. The van der Waals surface area contributed by atoms with Gasteiger partial charge in [-0.25, -0.2) is 4.98 Å². The zero-order valence-corrected chi connectivity index (χ0v) is 13.0. The molecule has 0 bridgehead atoms. The zero-order chi connectivity index (χ0) is 14.8. The van der Waals surface area contributed by atoms with Crippen molar-refractivity contribution in [3.63, 3.8) is 0 Å². The first kappa shape index (κ1) is 14.2. The van der Waals surface area contributed by atoms with Crippen LogP contribution in [0, 0.1) is 0 Å². The monoisotopic (exact) mass is 305 g/mol. The highest BCUT2D eigenvalue weighted by molar-refractivity contribution is 7.10. The summed E-state index contributed by atoms with van der Waals surface area (Å²) in [5.41, 5.74) is 0. The summed E-state index contributed by atoms with van der Waals surface area (Å²) in [6.45, 7) is 0.541. The molecule has 2 aromatic heterocycles. The van der Waals surface area contributed by atoms with Gasteiger partial charge in [0.2, 0.25) is 5.82 Å². The van der Waals surface area contributed by atoms with Gasteiger partial charge >= 0.3 is 0 Å². The van der Waals surface area contributed by atoms with Crippen LogP contribution in [0.1, 0.15) is 46.1 Å². The Morgan fingerprint density at radius 2 is 2.38 bits per heavy atom. The third kappa shape index (κ3) is 3.30. The minimum absolute atomic E-state index is 0.163. The van der Waals surface area contributed by atoms with Crippen LogP contribution in [-0.2, 0) is 0 Å². The van der Waals surface area contributed by atoms with E-state index in [0.29, 0.717) is 12.5 Å². The normalized spacial score (nSPS) is 16.1. The Labute approximate surface area is 127 Å². The average Bonchev–Trinajstić information content (AvgIpc) is 2.98. The molecule has 0 saturated heterocycles. The van der Waals surface area contributed by atoms with E-state index in [9.17, 15) is 4.79 Å². The van der Waals surface area contributed by atoms with Crippen molar-refractivity contribution in [1.29, 1.82) is 0 Å². The number of likely N-dealkylation sites (N-methyl/N-ethyl adjacent to an activating group) is 1. The topological polar surface area (TPSA) is 73.9 Å². The van der Waals surface area contributed by atoms with Crippen molar-refractivity contribution >= 4 is 17.2 Å². The van der Waals surface area contributed by atoms with Crippen LogP contribution >= 0.6 is 11.3 Å². The number of thiophene rings is 1. The Bertz CT molecular complexity index is 603. The van der Waals surface area contributed by atoms with Gasteiger partial charge in [0, 0.05) is 17.3 Å². The molecule has 1 aliphatic rings. The minimum atomic E-state index is -0.221. The van der Waals surface area contributed by atoms with Gasteiger partial charge in [-0.1, -0.05) is 6.07 Å². The van der Waals surface area contributed by atoms with Crippen molar-refractivity contribution in [2.75, 3.05) is 20.6 Å². The number of amides is 1. The number of nitrogens with zero attached hydrogens (tertiary/aromatic N) is 3. The summed E-state index contributed by atoms with van der Waals surface area (Å²) in [5, 5.41) is 11.8. The van der Waals surface area contributed by atoms with E-state index in [-0.39, 0.29) is 17.8 Å². The Balaban J connectivity index is 1.60. The van der Waals surface area contributed by atoms with Crippen LogP contribution in [0.15, 0.2) is 17.5 Å². The lowest BCUT2D eigenvalue weighted by Gasteiger charge is -2.23. The summed E-state index contributed by atoms with van der Waals surface area (Å²) in [6.07, 6.45) is 2.27. The Morgan fingerprint density at radius 3 is 3.00 bits per heavy atom. The second-order valence-corrected chi connectivity index (χ2v) is 6.50. The molecule has 1 fully saturated rings. The highest BCUT2D eigenvalue weighted by Crippen LogP contribution is 2.37. The lowest BCUT2D eigenvalue weighted by Crippen LogP contribution is -2.34. The maximum absolute atomic E-state index is 12.1. The van der Waals surface area contributed by atoms with E-state index in [1.54, 1.807) is 11.3 Å². The van der Waals surface area contributed by atoms with Crippen LogP contribution in [0.4, 0.5) is 0 Å². The van der Waals surface area contributed by atoms with Gasteiger partial charge in [0.1, 0.15) is 5.82 Å². The first-order valence-corrected chi connectivity index (χ1v) is 7.93. The summed E-state index contributed by atoms with van der Waals surface area (Å²) in [6, 6.07) is 4.27. The van der Waals surface area contributed by atoms with Crippen molar-refractivity contribution in [3.05, 3.63) is 34.0 Å². The van der Waals surface area contributed by atoms with Crippen LogP contribution in [0.3, 0.4) is 0 Å². The predicted molar refractivity (Wildman–Crippen MR) is 81.4 cm³/mol. The van der Waals surface area contributed by atoms with Gasteiger partial charge < -0.3 is 10.2 Å². The molecule has 6 nitrogen and oxygen atoms in total. The average molecular weight is 305 g/mol. The zero-order valence-electron chi connectivity index (χ0n) is 12.2. The van der Waals surface area contributed by atoms with Crippen LogP contribution in [0.2, 0.25) is 0 Å². The maximum atomic E-state index is 12.1. The number of aromatic amines is 1. The second-order valence-electron chi connectivity index (χ2n) is 5.52. The number of aromatic nitrogens is 3. The van der Waals surface area contributed by atoms with E-state index in [1.165, 1.54) is 4.88 Å². The number of carbonyl (C=O) groups is 1. The molecular weight excluding hydrogens is 286 g/mol. The van der Waals surface area contributed by atoms with Crippen LogP contribution in [0.5, 0.6) is 0 Å². The SMILES string of the molecule is CN(C)C(CNC(=O)c1n[nH]c(C2CC2)n1)c1cccs1. The lowest BCUT2D eigenvalue weighted by molar-refractivity contribution is 0.0932. The molecule has 2 heterocycles. The number of H-pyrrole nitrogens is 1. The molecule has 1 atom stereocenters. The van der Waals surface area contributed by atoms with E-state index in [2.05, 4.69) is 31.5 Å². The fourth-order valence-electron chi connectivity index (χ4n) is 2.20. The molecule has 1 saturated carbocycles. The highest BCUT2D eigenvalue weighted by Gasteiger charge is 2.28. The first-order valence-electron chi connectivity index (χ1n) is 7.05. The molecule has 21 heavy (non-hydrogen) atoms. The third-order valence-corrected chi connectivity index (χ3v) is 4.59. The molecule has 1 amide bonds. The van der Waals surface area contributed by atoms with E-state index in [1.807, 2.05) is 25.5 Å². The fourth-order valence-corrected chi connectivity index (χ4v) is 3.12. The smallest absolute Gasteiger partial charge is 0.291 e. The molecule has 112 valence electrons. The Morgan fingerprint density at radius 1 is 1.57 bits per heavy atom. The van der Waals surface area contributed by atoms with E-state index >= 15 is 0 Å². The molecule has 2 aromatic rings. The fraction of sp³-hybridized carbons (Fsp3) is 0.500. The Hall–Kier alpha value is -1.73. The van der Waals surface area contributed by atoms with E-state index < -0.39 is 0 Å². The van der Waals surface area contributed by atoms with Gasteiger partial charge in [0.25, 0.3) is 5.91 Å². The molecule has 1 unspecified atom stereocenters. The van der Waals surface area contributed by atoms with Gasteiger partial charge in [0.15, 0.2) is 0 Å². The maximum Gasteiger partial charge on any atom is 0.291 e. The van der Waals surface area contributed by atoms with Gasteiger partial charge in [0.05, 0.1) is 6.04 Å². The Kier molecular flexibility index (Phi) is 4.03. The highest BCUT2D eigenvalue weighted by atomic mass is 32.1. The number of hydrogen-bond acceptors (Lipinski definition) is 5.